The third-order valence-electron chi connectivity index (χ3n) is 5.63. The predicted molar refractivity (Wildman–Crippen MR) is 93.4 cm³/mol. The normalized spacial score (nSPS) is 21.8. The standard InChI is InChI=1S/C19H21ClFN3/c20-17-5-2-14(21)11-16(17)18-6-4-15(23-24-18)3-1-13-12-19(13)7-9-22-10-8-19/h2,4-6,11,13,22H,1,3,7-10,12H2. The maximum absolute atomic E-state index is 13.4. The lowest BCUT2D eigenvalue weighted by atomic mass is 9.90. The summed E-state index contributed by atoms with van der Waals surface area (Å²) >= 11 is 6.12. The number of halogens is 2. The van der Waals surface area contributed by atoms with Gasteiger partial charge in [-0.2, -0.15) is 10.2 Å². The first-order valence-corrected chi connectivity index (χ1v) is 9.03. The Balaban J connectivity index is 1.39. The number of nitrogens with zero attached hydrogens (tertiary/aromatic N) is 2. The number of aryl methyl sites for hydroxylation is 1. The molecule has 1 atom stereocenters. The first kappa shape index (κ1) is 16.0. The van der Waals surface area contributed by atoms with E-state index >= 15 is 0 Å². The molecule has 24 heavy (non-hydrogen) atoms. The second-order valence-corrected chi connectivity index (χ2v) is 7.49. The maximum Gasteiger partial charge on any atom is 0.123 e. The Hall–Kier alpha value is -1.52. The fraction of sp³-hybridized carbons (Fsp3) is 0.474. The van der Waals surface area contributed by atoms with E-state index in [2.05, 4.69) is 15.5 Å². The third-order valence-corrected chi connectivity index (χ3v) is 5.96. The molecule has 0 radical (unpaired) electrons. The van der Waals surface area contributed by atoms with E-state index in [9.17, 15) is 4.39 Å². The molecule has 2 fully saturated rings. The summed E-state index contributed by atoms with van der Waals surface area (Å²) in [5.74, 6) is 0.528. The Morgan fingerprint density at radius 1 is 1.17 bits per heavy atom. The Kier molecular flexibility index (Phi) is 4.27. The van der Waals surface area contributed by atoms with E-state index in [0.717, 1.165) is 18.0 Å². The van der Waals surface area contributed by atoms with Gasteiger partial charge >= 0.3 is 0 Å². The highest BCUT2D eigenvalue weighted by Crippen LogP contribution is 2.60. The molecule has 1 aromatic heterocycles. The Bertz CT molecular complexity index is 726. The van der Waals surface area contributed by atoms with Crippen LogP contribution in [0.1, 0.15) is 31.4 Å². The lowest BCUT2D eigenvalue weighted by Crippen LogP contribution is -2.29. The molecule has 1 aliphatic heterocycles. The third kappa shape index (κ3) is 3.17. The van der Waals surface area contributed by atoms with Crippen molar-refractivity contribution in [1.82, 2.24) is 15.5 Å². The highest BCUT2D eigenvalue weighted by atomic mass is 35.5. The zero-order chi connectivity index (χ0) is 16.6. The van der Waals surface area contributed by atoms with E-state index in [1.807, 2.05) is 12.1 Å². The molecule has 1 aromatic carbocycles. The highest BCUT2D eigenvalue weighted by molar-refractivity contribution is 6.33. The van der Waals surface area contributed by atoms with Gasteiger partial charge in [0.2, 0.25) is 0 Å². The van der Waals surface area contributed by atoms with Crippen molar-refractivity contribution in [3.63, 3.8) is 0 Å². The molecule has 5 heteroatoms. The second kappa shape index (κ2) is 6.41. The van der Waals surface area contributed by atoms with Gasteiger partial charge in [0.05, 0.1) is 16.4 Å². The summed E-state index contributed by atoms with van der Waals surface area (Å²) < 4.78 is 13.4. The van der Waals surface area contributed by atoms with Crippen molar-refractivity contribution < 1.29 is 4.39 Å². The number of hydrogen-bond donors (Lipinski definition) is 1. The largest absolute Gasteiger partial charge is 0.317 e. The van der Waals surface area contributed by atoms with E-state index in [4.69, 9.17) is 11.6 Å². The summed E-state index contributed by atoms with van der Waals surface area (Å²) in [4.78, 5) is 0. The van der Waals surface area contributed by atoms with E-state index in [-0.39, 0.29) is 5.82 Å². The lowest BCUT2D eigenvalue weighted by Gasteiger charge is -2.23. The molecule has 1 saturated heterocycles. The minimum absolute atomic E-state index is 0.318. The van der Waals surface area contributed by atoms with Crippen LogP contribution in [-0.4, -0.2) is 23.3 Å². The minimum Gasteiger partial charge on any atom is -0.317 e. The van der Waals surface area contributed by atoms with Crippen LogP contribution in [0.25, 0.3) is 11.3 Å². The summed E-state index contributed by atoms with van der Waals surface area (Å²) in [7, 11) is 0. The zero-order valence-electron chi connectivity index (χ0n) is 13.6. The molecular formula is C19H21ClFN3. The quantitative estimate of drug-likeness (QED) is 0.899. The number of rotatable bonds is 4. The molecular weight excluding hydrogens is 325 g/mol. The smallest absolute Gasteiger partial charge is 0.123 e. The molecule has 1 spiro atoms. The summed E-state index contributed by atoms with van der Waals surface area (Å²) in [5, 5.41) is 12.5. The molecule has 1 saturated carbocycles. The van der Waals surface area contributed by atoms with Gasteiger partial charge in [-0.25, -0.2) is 4.39 Å². The summed E-state index contributed by atoms with van der Waals surface area (Å²) in [6, 6.07) is 8.17. The van der Waals surface area contributed by atoms with Crippen LogP contribution in [-0.2, 0) is 6.42 Å². The molecule has 3 nitrogen and oxygen atoms in total. The fourth-order valence-corrected chi connectivity index (χ4v) is 4.24. The number of benzene rings is 1. The van der Waals surface area contributed by atoms with Gasteiger partial charge in [0, 0.05) is 5.56 Å². The predicted octanol–water partition coefficient (Wildman–Crippen LogP) is 4.26. The van der Waals surface area contributed by atoms with Gasteiger partial charge in [0.1, 0.15) is 5.82 Å². The van der Waals surface area contributed by atoms with Crippen LogP contribution in [0.15, 0.2) is 30.3 Å². The van der Waals surface area contributed by atoms with Gasteiger partial charge < -0.3 is 5.32 Å². The lowest BCUT2D eigenvalue weighted by molar-refractivity contribution is 0.317. The van der Waals surface area contributed by atoms with E-state index < -0.39 is 0 Å². The van der Waals surface area contributed by atoms with Gasteiger partial charge in [-0.3, -0.25) is 0 Å². The van der Waals surface area contributed by atoms with Crippen LogP contribution in [0.4, 0.5) is 4.39 Å². The Morgan fingerprint density at radius 2 is 2.00 bits per heavy atom. The van der Waals surface area contributed by atoms with Gasteiger partial charge in [-0.15, -0.1) is 0 Å². The number of piperidine rings is 1. The zero-order valence-corrected chi connectivity index (χ0v) is 14.3. The summed E-state index contributed by atoms with van der Waals surface area (Å²) in [6.07, 6.45) is 6.17. The van der Waals surface area contributed by atoms with Gasteiger partial charge in [0.15, 0.2) is 0 Å². The first-order chi connectivity index (χ1) is 11.7. The topological polar surface area (TPSA) is 37.8 Å². The van der Waals surface area contributed by atoms with Crippen molar-refractivity contribution in [3.8, 4) is 11.3 Å². The molecule has 1 unspecified atom stereocenters. The number of nitrogens with one attached hydrogen (secondary N) is 1. The average molecular weight is 346 g/mol. The van der Waals surface area contributed by atoms with Crippen LogP contribution in [0.5, 0.6) is 0 Å². The first-order valence-electron chi connectivity index (χ1n) is 8.65. The van der Waals surface area contributed by atoms with E-state index in [1.54, 1.807) is 6.07 Å². The van der Waals surface area contributed by atoms with Crippen LogP contribution in [0, 0.1) is 17.2 Å². The number of hydrogen-bond acceptors (Lipinski definition) is 3. The SMILES string of the molecule is Fc1ccc(Cl)c(-c2ccc(CCC3CC34CCNCC4)nn2)c1. The summed E-state index contributed by atoms with van der Waals surface area (Å²) in [6.45, 7) is 2.33. The van der Waals surface area contributed by atoms with Crippen molar-refractivity contribution >= 4 is 11.6 Å². The van der Waals surface area contributed by atoms with Crippen molar-refractivity contribution in [2.75, 3.05) is 13.1 Å². The van der Waals surface area contributed by atoms with E-state index in [1.165, 1.54) is 50.9 Å². The monoisotopic (exact) mass is 345 g/mol. The minimum atomic E-state index is -0.318. The highest BCUT2D eigenvalue weighted by Gasteiger charge is 2.52. The van der Waals surface area contributed by atoms with E-state index in [0.29, 0.717) is 21.7 Å². The van der Waals surface area contributed by atoms with Crippen molar-refractivity contribution in [1.29, 1.82) is 0 Å². The maximum atomic E-state index is 13.4. The summed E-state index contributed by atoms with van der Waals surface area (Å²) in [5.41, 5.74) is 2.83. The molecule has 126 valence electrons. The molecule has 2 heterocycles. The van der Waals surface area contributed by atoms with Gasteiger partial charge in [-0.1, -0.05) is 11.6 Å². The number of aromatic nitrogens is 2. The molecule has 4 rings (SSSR count). The second-order valence-electron chi connectivity index (χ2n) is 7.09. The molecule has 0 amide bonds. The van der Waals surface area contributed by atoms with Gasteiger partial charge in [0.25, 0.3) is 0 Å². The fourth-order valence-electron chi connectivity index (χ4n) is 4.03. The van der Waals surface area contributed by atoms with Crippen LogP contribution >= 0.6 is 11.6 Å². The van der Waals surface area contributed by atoms with Crippen LogP contribution in [0.2, 0.25) is 5.02 Å². The van der Waals surface area contributed by atoms with Crippen LogP contribution in [0.3, 0.4) is 0 Å². The van der Waals surface area contributed by atoms with Crippen molar-refractivity contribution in [2.45, 2.75) is 32.1 Å². The van der Waals surface area contributed by atoms with Crippen molar-refractivity contribution in [3.05, 3.63) is 46.9 Å². The molecule has 2 aliphatic rings. The molecule has 1 N–H and O–H groups in total. The molecule has 0 bridgehead atoms. The van der Waals surface area contributed by atoms with Crippen molar-refractivity contribution in [2.24, 2.45) is 11.3 Å². The molecule has 1 aliphatic carbocycles. The van der Waals surface area contributed by atoms with Gasteiger partial charge in [-0.05, 0) is 86.9 Å². The van der Waals surface area contributed by atoms with Crippen LogP contribution < -0.4 is 5.32 Å². The average Bonchev–Trinajstić information content (AvgIpc) is 3.28. The molecule has 2 aromatic rings. The Morgan fingerprint density at radius 3 is 2.75 bits per heavy atom. The Labute approximate surface area is 146 Å².